The van der Waals surface area contributed by atoms with Crippen LogP contribution in [0.2, 0.25) is 0 Å². The molecule has 1 aliphatic carbocycles. The number of benzene rings is 1. The molecule has 1 N–H and O–H groups in total. The molecular weight excluding hydrogens is 230 g/mol. The zero-order valence-electron chi connectivity index (χ0n) is 13.2. The van der Waals surface area contributed by atoms with Gasteiger partial charge in [-0.3, -0.25) is 0 Å². The van der Waals surface area contributed by atoms with Gasteiger partial charge in [0.25, 0.3) is 0 Å². The molecule has 3 unspecified atom stereocenters. The zero-order chi connectivity index (χ0) is 14.0. The first-order valence-electron chi connectivity index (χ1n) is 7.76. The second kappa shape index (κ2) is 6.09. The fraction of sp³-hybridized carbons (Fsp3) is 0.667. The van der Waals surface area contributed by atoms with Crippen LogP contribution >= 0.6 is 0 Å². The summed E-state index contributed by atoms with van der Waals surface area (Å²) in [6.07, 6.45) is 4.13. The minimum atomic E-state index is 0.519. The first kappa shape index (κ1) is 14.6. The zero-order valence-corrected chi connectivity index (χ0v) is 13.2. The Labute approximate surface area is 118 Å². The van der Waals surface area contributed by atoms with E-state index >= 15 is 0 Å². The van der Waals surface area contributed by atoms with E-state index in [0.29, 0.717) is 6.04 Å². The van der Waals surface area contributed by atoms with Gasteiger partial charge in [-0.1, -0.05) is 32.0 Å². The third-order valence-corrected chi connectivity index (χ3v) is 4.98. The van der Waals surface area contributed by atoms with Crippen molar-refractivity contribution in [3.8, 4) is 0 Å². The van der Waals surface area contributed by atoms with Crippen LogP contribution in [-0.4, -0.2) is 7.05 Å². The highest BCUT2D eigenvalue weighted by Gasteiger charge is 2.30. The summed E-state index contributed by atoms with van der Waals surface area (Å²) in [6.45, 7) is 9.32. The van der Waals surface area contributed by atoms with Crippen molar-refractivity contribution in [1.29, 1.82) is 0 Å². The Hall–Kier alpha value is -0.820. The third-order valence-electron chi connectivity index (χ3n) is 4.98. The lowest BCUT2D eigenvalue weighted by Gasteiger charge is -2.37. The maximum absolute atomic E-state index is 3.60. The Morgan fingerprint density at radius 1 is 1.05 bits per heavy atom. The average molecular weight is 259 g/mol. The minimum Gasteiger partial charge on any atom is -0.313 e. The number of hydrogen-bond donors (Lipinski definition) is 1. The van der Waals surface area contributed by atoms with Crippen molar-refractivity contribution in [2.45, 2.75) is 53.0 Å². The lowest BCUT2D eigenvalue weighted by atomic mass is 9.72. The highest BCUT2D eigenvalue weighted by molar-refractivity contribution is 5.35. The van der Waals surface area contributed by atoms with E-state index in [-0.39, 0.29) is 0 Å². The molecule has 2 rings (SSSR count). The van der Waals surface area contributed by atoms with E-state index in [9.17, 15) is 0 Å². The molecular formula is C18H29N. The smallest absolute Gasteiger partial charge is 0.0349 e. The van der Waals surface area contributed by atoms with Crippen LogP contribution in [0.3, 0.4) is 0 Å². The molecule has 1 aromatic carbocycles. The molecule has 0 aliphatic heterocycles. The highest BCUT2D eigenvalue weighted by atomic mass is 14.9. The van der Waals surface area contributed by atoms with Gasteiger partial charge in [-0.2, -0.15) is 0 Å². The van der Waals surface area contributed by atoms with E-state index < -0.39 is 0 Å². The second-order valence-corrected chi connectivity index (χ2v) is 6.73. The maximum atomic E-state index is 3.60. The fourth-order valence-corrected chi connectivity index (χ4v) is 4.04. The van der Waals surface area contributed by atoms with Gasteiger partial charge in [0.15, 0.2) is 0 Å². The average Bonchev–Trinajstić information content (AvgIpc) is 2.34. The maximum Gasteiger partial charge on any atom is 0.0349 e. The molecule has 1 aliphatic rings. The summed E-state index contributed by atoms with van der Waals surface area (Å²) in [5.74, 6) is 2.52. The standard InChI is InChI=1S/C18H29N/c1-12-9-13(2)11-16(10-12)18(19-5)17-8-6-7-14(3)15(17)4/h6-8,12-13,16,18-19H,9-11H2,1-5H3. The van der Waals surface area contributed by atoms with Crippen LogP contribution in [0.15, 0.2) is 18.2 Å². The summed E-state index contributed by atoms with van der Waals surface area (Å²) in [5.41, 5.74) is 4.39. The van der Waals surface area contributed by atoms with Gasteiger partial charge in [0, 0.05) is 6.04 Å². The third kappa shape index (κ3) is 3.20. The van der Waals surface area contributed by atoms with Crippen LogP contribution in [0, 0.1) is 31.6 Å². The Morgan fingerprint density at radius 2 is 1.68 bits per heavy atom. The van der Waals surface area contributed by atoms with Crippen molar-refractivity contribution in [2.24, 2.45) is 17.8 Å². The summed E-state index contributed by atoms with van der Waals surface area (Å²) < 4.78 is 0. The molecule has 0 saturated heterocycles. The van der Waals surface area contributed by atoms with Gasteiger partial charge in [0.2, 0.25) is 0 Å². The van der Waals surface area contributed by atoms with Gasteiger partial charge in [0.1, 0.15) is 0 Å². The Morgan fingerprint density at radius 3 is 2.26 bits per heavy atom. The summed E-state index contributed by atoms with van der Waals surface area (Å²) in [4.78, 5) is 0. The van der Waals surface area contributed by atoms with Gasteiger partial charge >= 0.3 is 0 Å². The van der Waals surface area contributed by atoms with Crippen LogP contribution < -0.4 is 5.32 Å². The number of rotatable bonds is 3. The van der Waals surface area contributed by atoms with Crippen molar-refractivity contribution in [3.63, 3.8) is 0 Å². The normalized spacial score (nSPS) is 29.2. The molecule has 3 atom stereocenters. The molecule has 19 heavy (non-hydrogen) atoms. The van der Waals surface area contributed by atoms with Crippen LogP contribution in [0.1, 0.15) is 55.8 Å². The Balaban J connectivity index is 2.26. The predicted octanol–water partition coefficient (Wildman–Crippen LogP) is 4.64. The van der Waals surface area contributed by atoms with Gasteiger partial charge in [-0.15, -0.1) is 0 Å². The molecule has 0 spiro atoms. The van der Waals surface area contributed by atoms with Crippen LogP contribution in [-0.2, 0) is 0 Å². The molecule has 0 heterocycles. The SMILES string of the molecule is CNC(c1cccc(C)c1C)C1CC(C)CC(C)C1. The second-order valence-electron chi connectivity index (χ2n) is 6.73. The molecule has 0 amide bonds. The summed E-state index contributed by atoms with van der Waals surface area (Å²) in [7, 11) is 2.12. The van der Waals surface area contributed by atoms with Gasteiger partial charge in [-0.05, 0) is 74.6 Å². The van der Waals surface area contributed by atoms with E-state index in [4.69, 9.17) is 0 Å². The van der Waals surface area contributed by atoms with Crippen LogP contribution in [0.25, 0.3) is 0 Å². The van der Waals surface area contributed by atoms with Gasteiger partial charge < -0.3 is 5.32 Å². The van der Waals surface area contributed by atoms with E-state index in [2.05, 4.69) is 58.3 Å². The number of nitrogens with one attached hydrogen (secondary N) is 1. The fourth-order valence-electron chi connectivity index (χ4n) is 4.04. The Kier molecular flexibility index (Phi) is 4.67. The van der Waals surface area contributed by atoms with Crippen LogP contribution in [0.4, 0.5) is 0 Å². The summed E-state index contributed by atoms with van der Waals surface area (Å²) >= 11 is 0. The molecule has 0 radical (unpaired) electrons. The predicted molar refractivity (Wildman–Crippen MR) is 83.4 cm³/mol. The van der Waals surface area contributed by atoms with Gasteiger partial charge in [-0.25, -0.2) is 0 Å². The highest BCUT2D eigenvalue weighted by Crippen LogP contribution is 2.40. The van der Waals surface area contributed by atoms with Crippen molar-refractivity contribution in [1.82, 2.24) is 5.32 Å². The molecule has 0 aromatic heterocycles. The number of aryl methyl sites for hydroxylation is 1. The quantitative estimate of drug-likeness (QED) is 0.834. The van der Waals surface area contributed by atoms with E-state index in [1.54, 1.807) is 0 Å². The lowest BCUT2D eigenvalue weighted by Crippen LogP contribution is -2.32. The van der Waals surface area contributed by atoms with E-state index in [1.165, 1.54) is 36.0 Å². The summed E-state index contributed by atoms with van der Waals surface area (Å²) in [6, 6.07) is 7.26. The summed E-state index contributed by atoms with van der Waals surface area (Å²) in [5, 5.41) is 3.60. The topological polar surface area (TPSA) is 12.0 Å². The Bertz CT molecular complexity index is 414. The first-order valence-corrected chi connectivity index (χ1v) is 7.76. The van der Waals surface area contributed by atoms with E-state index in [1.807, 2.05) is 0 Å². The molecule has 1 aromatic rings. The van der Waals surface area contributed by atoms with Crippen molar-refractivity contribution >= 4 is 0 Å². The van der Waals surface area contributed by atoms with Crippen LogP contribution in [0.5, 0.6) is 0 Å². The monoisotopic (exact) mass is 259 g/mol. The first-order chi connectivity index (χ1) is 9.02. The van der Waals surface area contributed by atoms with Crippen molar-refractivity contribution in [2.75, 3.05) is 7.05 Å². The molecule has 0 bridgehead atoms. The van der Waals surface area contributed by atoms with E-state index in [0.717, 1.165) is 17.8 Å². The molecule has 1 nitrogen and oxygen atoms in total. The van der Waals surface area contributed by atoms with Crippen molar-refractivity contribution < 1.29 is 0 Å². The van der Waals surface area contributed by atoms with Gasteiger partial charge in [0.05, 0.1) is 0 Å². The number of hydrogen-bond acceptors (Lipinski definition) is 1. The lowest BCUT2D eigenvalue weighted by molar-refractivity contribution is 0.180. The minimum absolute atomic E-state index is 0.519. The van der Waals surface area contributed by atoms with Crippen molar-refractivity contribution in [3.05, 3.63) is 34.9 Å². The molecule has 1 saturated carbocycles. The molecule has 1 fully saturated rings. The molecule has 106 valence electrons. The molecule has 1 heteroatoms. The largest absolute Gasteiger partial charge is 0.313 e.